The summed E-state index contributed by atoms with van der Waals surface area (Å²) in [6.45, 7) is 1.08. The highest BCUT2D eigenvalue weighted by Crippen LogP contribution is 2.38. The first-order valence-electron chi connectivity index (χ1n) is 4.50. The molecule has 4 heteroatoms. The lowest BCUT2D eigenvalue weighted by Gasteiger charge is -2.23. The van der Waals surface area contributed by atoms with Crippen LogP contribution in [0.5, 0.6) is 0 Å². The van der Waals surface area contributed by atoms with E-state index >= 15 is 0 Å². The van der Waals surface area contributed by atoms with Crippen molar-refractivity contribution >= 4 is 0 Å². The second kappa shape index (κ2) is 2.29. The van der Waals surface area contributed by atoms with Gasteiger partial charge in [-0.1, -0.05) is 5.16 Å². The van der Waals surface area contributed by atoms with Gasteiger partial charge in [0.25, 0.3) is 0 Å². The van der Waals surface area contributed by atoms with Gasteiger partial charge in [0.1, 0.15) is 0 Å². The van der Waals surface area contributed by atoms with Gasteiger partial charge in [-0.25, -0.2) is 0 Å². The van der Waals surface area contributed by atoms with Gasteiger partial charge in [-0.15, -0.1) is 0 Å². The molecule has 3 rings (SSSR count). The van der Waals surface area contributed by atoms with Crippen LogP contribution >= 0.6 is 0 Å². The number of nitrogens with one attached hydrogen (secondary N) is 1. The van der Waals surface area contributed by atoms with Crippen LogP contribution in [0.4, 0.5) is 0 Å². The predicted octanol–water partition coefficient (Wildman–Crippen LogP) is 0.981. The van der Waals surface area contributed by atoms with Crippen molar-refractivity contribution in [3.63, 3.8) is 0 Å². The molecule has 0 unspecified atom stereocenters. The van der Waals surface area contributed by atoms with Crippen LogP contribution in [-0.2, 0) is 0 Å². The Morgan fingerprint density at radius 1 is 1.33 bits per heavy atom. The lowest BCUT2D eigenvalue weighted by atomic mass is 10.1. The van der Waals surface area contributed by atoms with E-state index in [9.17, 15) is 0 Å². The molecule has 1 saturated carbocycles. The van der Waals surface area contributed by atoms with E-state index in [4.69, 9.17) is 4.52 Å². The van der Waals surface area contributed by atoms with Crippen molar-refractivity contribution in [1.29, 1.82) is 0 Å². The topological polar surface area (TPSA) is 51.0 Å². The summed E-state index contributed by atoms with van der Waals surface area (Å²) in [5.41, 5.74) is 0. The number of hydrogen-bond donors (Lipinski definition) is 1. The molecule has 1 aromatic rings. The molecule has 1 atom stereocenters. The molecule has 0 amide bonds. The van der Waals surface area contributed by atoms with Crippen molar-refractivity contribution in [2.45, 2.75) is 31.2 Å². The van der Waals surface area contributed by atoms with Gasteiger partial charge < -0.3 is 9.84 Å². The summed E-state index contributed by atoms with van der Waals surface area (Å²) in [7, 11) is 0. The van der Waals surface area contributed by atoms with Crippen LogP contribution in [0.3, 0.4) is 0 Å². The fraction of sp³-hybridized carbons (Fsp3) is 0.750. The summed E-state index contributed by atoms with van der Waals surface area (Å²) in [6.07, 6.45) is 3.60. The van der Waals surface area contributed by atoms with Crippen LogP contribution < -0.4 is 5.32 Å². The number of rotatable bonds is 2. The van der Waals surface area contributed by atoms with Crippen LogP contribution in [0.15, 0.2) is 4.52 Å². The minimum absolute atomic E-state index is 0.338. The van der Waals surface area contributed by atoms with Crippen molar-refractivity contribution in [2.75, 3.05) is 6.54 Å². The maximum atomic E-state index is 5.15. The molecular formula is C8H11N3O. The van der Waals surface area contributed by atoms with Crippen molar-refractivity contribution in [2.24, 2.45) is 0 Å². The molecule has 1 aliphatic heterocycles. The van der Waals surface area contributed by atoms with Crippen molar-refractivity contribution in [1.82, 2.24) is 15.5 Å². The van der Waals surface area contributed by atoms with Crippen LogP contribution in [0.25, 0.3) is 0 Å². The molecule has 2 fully saturated rings. The van der Waals surface area contributed by atoms with Crippen LogP contribution in [-0.4, -0.2) is 16.7 Å². The normalized spacial score (nSPS) is 28.5. The number of nitrogens with zero attached hydrogens (tertiary/aromatic N) is 2. The Bertz CT molecular complexity index is 288. The second-order valence-corrected chi connectivity index (χ2v) is 3.56. The molecule has 12 heavy (non-hydrogen) atoms. The van der Waals surface area contributed by atoms with Crippen molar-refractivity contribution in [3.05, 3.63) is 11.7 Å². The van der Waals surface area contributed by atoms with E-state index < -0.39 is 0 Å². The summed E-state index contributed by atoms with van der Waals surface area (Å²) in [4.78, 5) is 4.35. The zero-order chi connectivity index (χ0) is 7.97. The third-order valence-electron chi connectivity index (χ3n) is 2.52. The third-order valence-corrected chi connectivity index (χ3v) is 2.52. The first kappa shape index (κ1) is 6.60. The third kappa shape index (κ3) is 0.948. The molecule has 1 N–H and O–H groups in total. The summed E-state index contributed by atoms with van der Waals surface area (Å²) >= 11 is 0. The van der Waals surface area contributed by atoms with E-state index in [1.165, 1.54) is 12.8 Å². The van der Waals surface area contributed by atoms with Gasteiger partial charge in [0.15, 0.2) is 5.82 Å². The van der Waals surface area contributed by atoms with E-state index in [0.717, 1.165) is 24.7 Å². The minimum Gasteiger partial charge on any atom is -0.338 e. The quantitative estimate of drug-likeness (QED) is 0.709. The van der Waals surface area contributed by atoms with Crippen LogP contribution in [0, 0.1) is 0 Å². The average Bonchev–Trinajstić information content (AvgIpc) is 2.70. The first-order valence-corrected chi connectivity index (χ1v) is 4.50. The van der Waals surface area contributed by atoms with Crippen LogP contribution in [0.2, 0.25) is 0 Å². The molecule has 1 saturated heterocycles. The van der Waals surface area contributed by atoms with E-state index in [1.54, 1.807) is 0 Å². The SMILES string of the molecule is C1C[C@H](c2nc(C3CC3)no2)N1. The van der Waals surface area contributed by atoms with Gasteiger partial charge in [0.05, 0.1) is 6.04 Å². The Labute approximate surface area is 70.3 Å². The van der Waals surface area contributed by atoms with E-state index in [-0.39, 0.29) is 0 Å². The molecular weight excluding hydrogens is 154 g/mol. The van der Waals surface area contributed by atoms with E-state index in [0.29, 0.717) is 12.0 Å². The highest BCUT2D eigenvalue weighted by Gasteiger charge is 2.31. The average molecular weight is 165 g/mol. The van der Waals surface area contributed by atoms with Gasteiger partial charge in [0, 0.05) is 5.92 Å². The van der Waals surface area contributed by atoms with Gasteiger partial charge in [-0.3, -0.25) is 0 Å². The standard InChI is InChI=1S/C8H11N3O/c1-2-5(1)7-10-8(12-11-7)6-3-4-9-6/h5-6,9H,1-4H2/t6-/m1/s1. The second-order valence-electron chi connectivity index (χ2n) is 3.56. The molecule has 0 bridgehead atoms. The van der Waals surface area contributed by atoms with E-state index in [1.807, 2.05) is 0 Å². The van der Waals surface area contributed by atoms with Gasteiger partial charge in [-0.2, -0.15) is 4.98 Å². The zero-order valence-electron chi connectivity index (χ0n) is 6.79. The summed E-state index contributed by atoms with van der Waals surface area (Å²) < 4.78 is 5.15. The summed E-state index contributed by atoms with van der Waals surface area (Å²) in [5.74, 6) is 2.30. The maximum absolute atomic E-state index is 5.15. The Kier molecular flexibility index (Phi) is 1.26. The lowest BCUT2D eigenvalue weighted by Crippen LogP contribution is -2.35. The predicted molar refractivity (Wildman–Crippen MR) is 41.6 cm³/mol. The molecule has 64 valence electrons. The van der Waals surface area contributed by atoms with Crippen molar-refractivity contribution in [3.8, 4) is 0 Å². The minimum atomic E-state index is 0.338. The molecule has 1 aliphatic carbocycles. The monoisotopic (exact) mass is 165 g/mol. The molecule has 2 aliphatic rings. The Hall–Kier alpha value is -0.900. The summed E-state index contributed by atoms with van der Waals surface area (Å²) in [6, 6.07) is 0.338. The Morgan fingerprint density at radius 2 is 2.17 bits per heavy atom. The highest BCUT2D eigenvalue weighted by molar-refractivity contribution is 5.06. The molecule has 1 aromatic heterocycles. The summed E-state index contributed by atoms with van der Waals surface area (Å²) in [5, 5.41) is 7.19. The zero-order valence-corrected chi connectivity index (χ0v) is 6.79. The maximum Gasteiger partial charge on any atom is 0.243 e. The van der Waals surface area contributed by atoms with Crippen LogP contribution in [0.1, 0.15) is 42.9 Å². The largest absolute Gasteiger partial charge is 0.338 e. The molecule has 4 nitrogen and oxygen atoms in total. The molecule has 2 heterocycles. The first-order chi connectivity index (χ1) is 5.93. The Morgan fingerprint density at radius 3 is 2.75 bits per heavy atom. The fourth-order valence-corrected chi connectivity index (χ4v) is 1.40. The lowest BCUT2D eigenvalue weighted by molar-refractivity contribution is 0.272. The van der Waals surface area contributed by atoms with Gasteiger partial charge in [0.2, 0.25) is 5.89 Å². The van der Waals surface area contributed by atoms with Gasteiger partial charge in [-0.05, 0) is 25.8 Å². The number of hydrogen-bond acceptors (Lipinski definition) is 4. The fourth-order valence-electron chi connectivity index (χ4n) is 1.40. The highest BCUT2D eigenvalue weighted by atomic mass is 16.5. The number of aromatic nitrogens is 2. The Balaban J connectivity index is 1.81. The molecule has 0 aromatic carbocycles. The molecule has 0 radical (unpaired) electrons. The van der Waals surface area contributed by atoms with Crippen molar-refractivity contribution < 1.29 is 4.52 Å². The van der Waals surface area contributed by atoms with Gasteiger partial charge >= 0.3 is 0 Å². The smallest absolute Gasteiger partial charge is 0.243 e. The molecule has 0 spiro atoms. The van der Waals surface area contributed by atoms with E-state index in [2.05, 4.69) is 15.5 Å².